The largest absolute Gasteiger partial charge is 0.466 e. The summed E-state index contributed by atoms with van der Waals surface area (Å²) in [6.07, 6.45) is 59.4. The normalized spacial score (nSPS) is 12.7. The third-order valence-electron chi connectivity index (χ3n) is 12.8. The van der Waals surface area contributed by atoms with Crippen molar-refractivity contribution < 1.29 is 24.5 Å². The molecule has 0 aliphatic rings. The van der Waals surface area contributed by atoms with Crippen LogP contribution in [0.15, 0.2) is 12.2 Å². The van der Waals surface area contributed by atoms with Crippen molar-refractivity contribution in [2.75, 3.05) is 13.2 Å². The second-order valence-corrected chi connectivity index (χ2v) is 18.9. The van der Waals surface area contributed by atoms with Crippen LogP contribution in [0.25, 0.3) is 0 Å². The van der Waals surface area contributed by atoms with Crippen molar-refractivity contribution in [2.45, 2.75) is 315 Å². The van der Waals surface area contributed by atoms with Crippen molar-refractivity contribution in [1.29, 1.82) is 0 Å². The molecule has 0 aromatic rings. The number of rotatable bonds is 51. The maximum absolute atomic E-state index is 12.4. The first-order chi connectivity index (χ1) is 30.0. The molecule has 0 saturated carbocycles. The Kier molecular flexibility index (Phi) is 50.1. The van der Waals surface area contributed by atoms with Crippen LogP contribution in [0.2, 0.25) is 0 Å². The third kappa shape index (κ3) is 47.9. The first kappa shape index (κ1) is 59.6. The number of allylic oxidation sites excluding steroid dienone is 1. The molecule has 2 unspecified atom stereocenters. The second kappa shape index (κ2) is 51.2. The highest BCUT2D eigenvalue weighted by atomic mass is 16.5. The Hall–Kier alpha value is -1.40. The average Bonchev–Trinajstić information content (AvgIpc) is 3.26. The number of aliphatic hydroxyl groups excluding tert-OH is 2. The predicted molar refractivity (Wildman–Crippen MR) is 264 cm³/mol. The van der Waals surface area contributed by atoms with Crippen molar-refractivity contribution in [1.82, 2.24) is 5.32 Å². The summed E-state index contributed by atoms with van der Waals surface area (Å²) in [6, 6.07) is -0.626. The summed E-state index contributed by atoms with van der Waals surface area (Å²) in [7, 11) is 0. The molecule has 1 amide bonds. The number of unbranched alkanes of at least 4 members (excludes halogenated alkanes) is 40. The fraction of sp³-hybridized carbons (Fsp3) is 0.927. The maximum atomic E-state index is 12.4. The lowest BCUT2D eigenvalue weighted by atomic mass is 10.0. The molecule has 2 atom stereocenters. The Morgan fingerprint density at radius 2 is 0.754 bits per heavy atom. The van der Waals surface area contributed by atoms with Gasteiger partial charge in [-0.3, -0.25) is 9.59 Å². The predicted octanol–water partition coefficient (Wildman–Crippen LogP) is 16.5. The van der Waals surface area contributed by atoms with E-state index in [1.807, 2.05) is 6.08 Å². The molecule has 0 saturated heterocycles. The lowest BCUT2D eigenvalue weighted by molar-refractivity contribution is -0.143. The standard InChI is InChI=1S/C55H107NO5/c1-3-5-7-9-11-13-15-29-33-37-41-45-49-55(60)61-50-46-42-38-34-30-26-24-22-20-18-16-17-19-21-23-25-28-32-36-40-44-48-54(59)56-52(51-57)53(58)47-43-39-35-31-27-14-12-10-8-6-4-2/h43,47,52-53,57-58H,3-42,44-46,48-51H2,1-2H3,(H,56,59)/b47-43+. The Balaban J connectivity index is 3.38. The molecule has 0 fully saturated rings. The zero-order chi connectivity index (χ0) is 44.4. The monoisotopic (exact) mass is 862 g/mol. The number of amides is 1. The van der Waals surface area contributed by atoms with Gasteiger partial charge in [-0.25, -0.2) is 0 Å². The number of hydrogen-bond acceptors (Lipinski definition) is 5. The van der Waals surface area contributed by atoms with Gasteiger partial charge in [0.1, 0.15) is 0 Å². The molecule has 0 bridgehead atoms. The van der Waals surface area contributed by atoms with E-state index in [0.717, 1.165) is 38.5 Å². The lowest BCUT2D eigenvalue weighted by Crippen LogP contribution is -2.45. The van der Waals surface area contributed by atoms with Crippen LogP contribution in [0, 0.1) is 0 Å². The molecule has 6 heteroatoms. The topological polar surface area (TPSA) is 95.9 Å². The summed E-state index contributed by atoms with van der Waals surface area (Å²) in [6.45, 7) is 4.90. The van der Waals surface area contributed by atoms with E-state index in [4.69, 9.17) is 4.74 Å². The molecule has 0 radical (unpaired) electrons. The molecule has 6 nitrogen and oxygen atoms in total. The quantitative estimate of drug-likeness (QED) is 0.0322. The Morgan fingerprint density at radius 3 is 1.11 bits per heavy atom. The highest BCUT2D eigenvalue weighted by molar-refractivity contribution is 5.76. The van der Waals surface area contributed by atoms with Gasteiger partial charge in [0.25, 0.3) is 0 Å². The maximum Gasteiger partial charge on any atom is 0.305 e. The summed E-state index contributed by atoms with van der Waals surface area (Å²) in [5.41, 5.74) is 0. The van der Waals surface area contributed by atoms with Crippen molar-refractivity contribution in [2.24, 2.45) is 0 Å². The Bertz CT molecular complexity index is 909. The van der Waals surface area contributed by atoms with Gasteiger partial charge in [-0.1, -0.05) is 270 Å². The van der Waals surface area contributed by atoms with Gasteiger partial charge in [0, 0.05) is 12.8 Å². The lowest BCUT2D eigenvalue weighted by Gasteiger charge is -2.20. The number of aliphatic hydroxyl groups is 2. The van der Waals surface area contributed by atoms with Gasteiger partial charge in [-0.05, 0) is 32.1 Å². The molecule has 0 rings (SSSR count). The molecule has 61 heavy (non-hydrogen) atoms. The summed E-state index contributed by atoms with van der Waals surface area (Å²) < 4.78 is 5.47. The van der Waals surface area contributed by atoms with E-state index in [-0.39, 0.29) is 18.5 Å². The molecule has 0 aliphatic carbocycles. The number of nitrogens with one attached hydrogen (secondary N) is 1. The van der Waals surface area contributed by atoms with E-state index < -0.39 is 12.1 Å². The molecule has 0 aromatic carbocycles. The zero-order valence-corrected chi connectivity index (χ0v) is 41.2. The molecule has 0 heterocycles. The van der Waals surface area contributed by atoms with Gasteiger partial charge in [-0.15, -0.1) is 0 Å². The van der Waals surface area contributed by atoms with Crippen LogP contribution in [0.3, 0.4) is 0 Å². The van der Waals surface area contributed by atoms with Gasteiger partial charge in [0.15, 0.2) is 0 Å². The molecular formula is C55H107NO5. The smallest absolute Gasteiger partial charge is 0.305 e. The molecule has 0 spiro atoms. The van der Waals surface area contributed by atoms with E-state index >= 15 is 0 Å². The van der Waals surface area contributed by atoms with E-state index in [2.05, 4.69) is 19.2 Å². The van der Waals surface area contributed by atoms with Crippen LogP contribution in [0.4, 0.5) is 0 Å². The summed E-state index contributed by atoms with van der Waals surface area (Å²) in [5.74, 6) is -0.0572. The van der Waals surface area contributed by atoms with Crippen LogP contribution in [0.5, 0.6) is 0 Å². The van der Waals surface area contributed by atoms with Crippen molar-refractivity contribution in [3.05, 3.63) is 12.2 Å². The zero-order valence-electron chi connectivity index (χ0n) is 41.2. The molecular weight excluding hydrogens is 755 g/mol. The fourth-order valence-electron chi connectivity index (χ4n) is 8.58. The van der Waals surface area contributed by atoms with E-state index in [1.165, 1.54) is 238 Å². The Labute approximate surface area is 380 Å². The van der Waals surface area contributed by atoms with Crippen LogP contribution < -0.4 is 5.32 Å². The molecule has 3 N–H and O–H groups in total. The highest BCUT2D eigenvalue weighted by Gasteiger charge is 2.18. The van der Waals surface area contributed by atoms with Crippen LogP contribution in [-0.2, 0) is 14.3 Å². The van der Waals surface area contributed by atoms with E-state index in [0.29, 0.717) is 19.4 Å². The van der Waals surface area contributed by atoms with Gasteiger partial charge in [0.05, 0.1) is 25.4 Å². The van der Waals surface area contributed by atoms with Crippen molar-refractivity contribution in [3.8, 4) is 0 Å². The van der Waals surface area contributed by atoms with E-state index in [1.54, 1.807) is 6.08 Å². The van der Waals surface area contributed by atoms with Gasteiger partial charge in [0.2, 0.25) is 5.91 Å². The minimum Gasteiger partial charge on any atom is -0.466 e. The minimum absolute atomic E-state index is 0.0121. The second-order valence-electron chi connectivity index (χ2n) is 18.9. The van der Waals surface area contributed by atoms with Crippen LogP contribution >= 0.6 is 0 Å². The minimum atomic E-state index is -0.842. The van der Waals surface area contributed by atoms with Crippen molar-refractivity contribution >= 4 is 11.9 Å². The SMILES string of the molecule is CCCCCCCCCCC/C=C/C(O)C(CO)NC(=O)CCCCCCCCCCCCCCCCCCCCCCCOC(=O)CCCCCCCCCCCCCC. The molecule has 0 aromatic heterocycles. The van der Waals surface area contributed by atoms with Crippen LogP contribution in [-0.4, -0.2) is 47.4 Å². The number of carbonyl (C=O) groups is 2. The number of hydrogen-bond donors (Lipinski definition) is 3. The van der Waals surface area contributed by atoms with Crippen molar-refractivity contribution in [3.63, 3.8) is 0 Å². The number of ether oxygens (including phenoxy) is 1. The fourth-order valence-corrected chi connectivity index (χ4v) is 8.58. The van der Waals surface area contributed by atoms with Gasteiger partial charge >= 0.3 is 5.97 Å². The number of carbonyl (C=O) groups excluding carboxylic acids is 2. The van der Waals surface area contributed by atoms with Gasteiger partial charge < -0.3 is 20.3 Å². The number of esters is 1. The molecule has 362 valence electrons. The van der Waals surface area contributed by atoms with E-state index in [9.17, 15) is 19.8 Å². The van der Waals surface area contributed by atoms with Crippen LogP contribution in [0.1, 0.15) is 303 Å². The summed E-state index contributed by atoms with van der Waals surface area (Å²) in [4.78, 5) is 24.4. The average molecular weight is 862 g/mol. The first-order valence-corrected chi connectivity index (χ1v) is 27.5. The van der Waals surface area contributed by atoms with Gasteiger partial charge in [-0.2, -0.15) is 0 Å². The first-order valence-electron chi connectivity index (χ1n) is 27.5. The highest BCUT2D eigenvalue weighted by Crippen LogP contribution is 2.17. The summed E-state index contributed by atoms with van der Waals surface area (Å²) in [5, 5.41) is 23.0. The molecule has 0 aliphatic heterocycles. The third-order valence-corrected chi connectivity index (χ3v) is 12.8. The Morgan fingerprint density at radius 1 is 0.443 bits per heavy atom. The summed E-state index contributed by atoms with van der Waals surface area (Å²) >= 11 is 0.